The van der Waals surface area contributed by atoms with Gasteiger partial charge in [-0.05, 0) is 27.7 Å². The summed E-state index contributed by atoms with van der Waals surface area (Å²) in [5, 5.41) is 3.00. The molecule has 1 heterocycles. The van der Waals surface area contributed by atoms with Crippen LogP contribution in [-0.4, -0.2) is 54.7 Å². The van der Waals surface area contributed by atoms with Gasteiger partial charge in [-0.3, -0.25) is 9.69 Å². The number of nitrogens with zero attached hydrogens (tertiary/aromatic N) is 1. The Labute approximate surface area is 104 Å². The lowest BCUT2D eigenvalue weighted by atomic mass is 10.1. The number of carbonyl (C=O) groups excluding carboxylic acids is 1. The van der Waals surface area contributed by atoms with Gasteiger partial charge < -0.3 is 15.8 Å². The molecular weight excluding hydrogens is 218 g/mol. The molecule has 100 valence electrons. The molecular formula is C12H25N3O2. The van der Waals surface area contributed by atoms with Crippen LogP contribution in [0, 0.1) is 0 Å². The largest absolute Gasteiger partial charge is 0.378 e. The molecule has 0 aromatic carbocycles. The van der Waals surface area contributed by atoms with Gasteiger partial charge in [0.05, 0.1) is 19.3 Å². The molecule has 1 rings (SSSR count). The van der Waals surface area contributed by atoms with Crippen molar-refractivity contribution in [3.05, 3.63) is 0 Å². The highest BCUT2D eigenvalue weighted by atomic mass is 16.5. The zero-order chi connectivity index (χ0) is 13.1. The van der Waals surface area contributed by atoms with Crippen molar-refractivity contribution in [1.29, 1.82) is 0 Å². The fourth-order valence-electron chi connectivity index (χ4n) is 2.01. The first-order chi connectivity index (χ1) is 7.85. The lowest BCUT2D eigenvalue weighted by Gasteiger charge is -2.39. The van der Waals surface area contributed by atoms with Crippen LogP contribution in [0.5, 0.6) is 0 Å². The van der Waals surface area contributed by atoms with Crippen molar-refractivity contribution in [2.45, 2.75) is 45.3 Å². The first-order valence-electron chi connectivity index (χ1n) is 6.20. The van der Waals surface area contributed by atoms with Crippen LogP contribution in [0.3, 0.4) is 0 Å². The van der Waals surface area contributed by atoms with Crippen molar-refractivity contribution in [3.63, 3.8) is 0 Å². The quantitative estimate of drug-likeness (QED) is 0.729. The minimum atomic E-state index is -0.199. The van der Waals surface area contributed by atoms with E-state index < -0.39 is 0 Å². The van der Waals surface area contributed by atoms with E-state index in [1.807, 2.05) is 27.7 Å². The predicted octanol–water partition coefficient (Wildman–Crippen LogP) is -0.0509. The maximum atomic E-state index is 12.1. The molecule has 1 saturated heterocycles. The van der Waals surface area contributed by atoms with Crippen molar-refractivity contribution in [1.82, 2.24) is 10.2 Å². The van der Waals surface area contributed by atoms with Gasteiger partial charge in [0.15, 0.2) is 0 Å². The fraction of sp³-hybridized carbons (Fsp3) is 0.917. The lowest BCUT2D eigenvalue weighted by Crippen LogP contribution is -2.58. The first-order valence-corrected chi connectivity index (χ1v) is 6.20. The van der Waals surface area contributed by atoms with Gasteiger partial charge in [0.2, 0.25) is 5.91 Å². The van der Waals surface area contributed by atoms with Gasteiger partial charge in [-0.15, -0.1) is 0 Å². The molecule has 17 heavy (non-hydrogen) atoms. The van der Waals surface area contributed by atoms with Gasteiger partial charge in [0, 0.05) is 24.7 Å². The molecule has 1 aliphatic rings. The first kappa shape index (κ1) is 14.4. The number of hydrogen-bond donors (Lipinski definition) is 2. The molecule has 0 radical (unpaired) electrons. The molecule has 0 spiro atoms. The van der Waals surface area contributed by atoms with Crippen LogP contribution in [-0.2, 0) is 9.53 Å². The zero-order valence-electron chi connectivity index (χ0n) is 11.3. The van der Waals surface area contributed by atoms with Gasteiger partial charge in [-0.25, -0.2) is 0 Å². The molecule has 5 heteroatoms. The zero-order valence-corrected chi connectivity index (χ0v) is 11.3. The number of rotatable bonds is 3. The van der Waals surface area contributed by atoms with Crippen molar-refractivity contribution in [3.8, 4) is 0 Å². The van der Waals surface area contributed by atoms with Gasteiger partial charge >= 0.3 is 0 Å². The van der Waals surface area contributed by atoms with E-state index in [0.29, 0.717) is 19.8 Å². The van der Waals surface area contributed by atoms with E-state index in [1.54, 1.807) is 0 Å². The minimum absolute atomic E-state index is 0.0536. The summed E-state index contributed by atoms with van der Waals surface area (Å²) in [5.41, 5.74) is 5.51. The van der Waals surface area contributed by atoms with E-state index in [-0.39, 0.29) is 23.5 Å². The van der Waals surface area contributed by atoms with Crippen LogP contribution < -0.4 is 11.1 Å². The van der Waals surface area contributed by atoms with Gasteiger partial charge in [0.25, 0.3) is 0 Å². The average molecular weight is 243 g/mol. The highest BCUT2D eigenvalue weighted by Gasteiger charge is 2.31. The number of amides is 1. The summed E-state index contributed by atoms with van der Waals surface area (Å²) in [6.07, 6.45) is 0. The van der Waals surface area contributed by atoms with Crippen LogP contribution in [0.25, 0.3) is 0 Å². The van der Waals surface area contributed by atoms with Crippen LogP contribution in [0.15, 0.2) is 0 Å². The Kier molecular flexibility index (Phi) is 4.91. The van der Waals surface area contributed by atoms with Crippen molar-refractivity contribution in [2.24, 2.45) is 5.73 Å². The van der Waals surface area contributed by atoms with E-state index in [2.05, 4.69) is 10.2 Å². The second-order valence-electron chi connectivity index (χ2n) is 5.62. The Hall–Kier alpha value is -0.650. The number of hydrogen-bond acceptors (Lipinski definition) is 4. The molecule has 1 fully saturated rings. The highest BCUT2D eigenvalue weighted by Crippen LogP contribution is 2.11. The summed E-state index contributed by atoms with van der Waals surface area (Å²) < 4.78 is 5.38. The molecule has 0 saturated carbocycles. The number of carbonyl (C=O) groups is 1. The summed E-state index contributed by atoms with van der Waals surface area (Å²) in [4.78, 5) is 14.2. The van der Waals surface area contributed by atoms with E-state index >= 15 is 0 Å². The van der Waals surface area contributed by atoms with Crippen molar-refractivity contribution >= 4 is 5.91 Å². The van der Waals surface area contributed by atoms with Crippen LogP contribution in [0.4, 0.5) is 0 Å². The molecule has 3 N–H and O–H groups in total. The smallest absolute Gasteiger partial charge is 0.237 e. The van der Waals surface area contributed by atoms with Crippen LogP contribution in [0.1, 0.15) is 27.7 Å². The van der Waals surface area contributed by atoms with Crippen molar-refractivity contribution < 1.29 is 9.53 Å². The monoisotopic (exact) mass is 243 g/mol. The molecule has 1 amide bonds. The average Bonchev–Trinajstić information content (AvgIpc) is 2.25. The molecule has 0 bridgehead atoms. The van der Waals surface area contributed by atoms with Crippen LogP contribution in [0.2, 0.25) is 0 Å². The molecule has 1 aliphatic heterocycles. The maximum Gasteiger partial charge on any atom is 0.237 e. The van der Waals surface area contributed by atoms with E-state index in [1.165, 1.54) is 0 Å². The number of nitrogens with one attached hydrogen (secondary N) is 1. The topological polar surface area (TPSA) is 67.6 Å². The van der Waals surface area contributed by atoms with E-state index in [9.17, 15) is 4.79 Å². The molecule has 5 nitrogen and oxygen atoms in total. The summed E-state index contributed by atoms with van der Waals surface area (Å²) in [6, 6.07) is -0.0175. The second kappa shape index (κ2) is 5.80. The summed E-state index contributed by atoms with van der Waals surface area (Å²) >= 11 is 0. The summed E-state index contributed by atoms with van der Waals surface area (Å²) in [7, 11) is 0. The maximum absolute atomic E-state index is 12.1. The highest BCUT2D eigenvalue weighted by molar-refractivity contribution is 5.82. The summed E-state index contributed by atoms with van der Waals surface area (Å²) in [5.74, 6) is 0.0536. The number of nitrogens with two attached hydrogens (primary N) is 1. The second-order valence-corrected chi connectivity index (χ2v) is 5.62. The standard InChI is InChI=1S/C12H25N3O2/c1-9(11(16)14-12(2,3)4)15-5-6-17-8-10(15)7-13/h9-10H,5-8,13H2,1-4H3,(H,14,16). The molecule has 0 aromatic heterocycles. The fourth-order valence-corrected chi connectivity index (χ4v) is 2.01. The Morgan fingerprint density at radius 2 is 2.24 bits per heavy atom. The van der Waals surface area contributed by atoms with E-state index in [0.717, 1.165) is 6.54 Å². The number of morpholine rings is 1. The van der Waals surface area contributed by atoms with Crippen LogP contribution >= 0.6 is 0 Å². The normalized spacial score (nSPS) is 24.4. The number of ether oxygens (including phenoxy) is 1. The van der Waals surface area contributed by atoms with Gasteiger partial charge in [-0.2, -0.15) is 0 Å². The molecule has 2 unspecified atom stereocenters. The van der Waals surface area contributed by atoms with Gasteiger partial charge in [0.1, 0.15) is 0 Å². The summed E-state index contributed by atoms with van der Waals surface area (Å²) in [6.45, 7) is 10.4. The predicted molar refractivity (Wildman–Crippen MR) is 67.7 cm³/mol. The molecule has 2 atom stereocenters. The molecule has 0 aromatic rings. The minimum Gasteiger partial charge on any atom is -0.378 e. The Morgan fingerprint density at radius 1 is 1.59 bits per heavy atom. The third kappa shape index (κ3) is 4.26. The lowest BCUT2D eigenvalue weighted by molar-refractivity contribution is -0.131. The van der Waals surface area contributed by atoms with E-state index in [4.69, 9.17) is 10.5 Å². The third-order valence-corrected chi connectivity index (χ3v) is 2.92. The Morgan fingerprint density at radius 3 is 2.76 bits per heavy atom. The Balaban J connectivity index is 2.60. The SMILES string of the molecule is CC(C(=O)NC(C)(C)C)N1CCOCC1CN. The molecule has 0 aliphatic carbocycles. The third-order valence-electron chi connectivity index (χ3n) is 2.92. The Bertz CT molecular complexity index is 263. The van der Waals surface area contributed by atoms with Gasteiger partial charge in [-0.1, -0.05) is 0 Å². The van der Waals surface area contributed by atoms with Crippen molar-refractivity contribution in [2.75, 3.05) is 26.3 Å².